The molecule has 0 amide bonds. The molecule has 0 N–H and O–H groups in total. The Morgan fingerprint density at radius 3 is 2.85 bits per heavy atom. The first-order valence-corrected chi connectivity index (χ1v) is 8.28. The normalized spacial score (nSPS) is 27.1. The van der Waals surface area contributed by atoms with E-state index in [4.69, 9.17) is 0 Å². The van der Waals surface area contributed by atoms with Crippen LogP contribution in [0.4, 0.5) is 5.69 Å². The van der Waals surface area contributed by atoms with Gasteiger partial charge in [-0.25, -0.2) is 0 Å². The highest BCUT2D eigenvalue weighted by molar-refractivity contribution is 5.50. The Morgan fingerprint density at radius 1 is 1.25 bits per heavy atom. The van der Waals surface area contributed by atoms with Gasteiger partial charge in [-0.1, -0.05) is 32.9 Å². The van der Waals surface area contributed by atoms with E-state index in [9.17, 15) is 0 Å². The van der Waals surface area contributed by atoms with Crippen molar-refractivity contribution in [2.45, 2.75) is 52.1 Å². The summed E-state index contributed by atoms with van der Waals surface area (Å²) in [6.07, 6.45) is 3.90. The zero-order chi connectivity index (χ0) is 14.1. The van der Waals surface area contributed by atoms with Crippen LogP contribution in [-0.2, 0) is 6.42 Å². The number of hydrogen-bond donors (Lipinski definition) is 0. The zero-order valence-corrected chi connectivity index (χ0v) is 13.2. The second-order valence-corrected chi connectivity index (χ2v) is 6.78. The van der Waals surface area contributed by atoms with E-state index in [1.165, 1.54) is 43.7 Å². The van der Waals surface area contributed by atoms with Gasteiger partial charge in [-0.15, -0.1) is 0 Å². The van der Waals surface area contributed by atoms with Gasteiger partial charge >= 0.3 is 0 Å². The van der Waals surface area contributed by atoms with Gasteiger partial charge in [0.1, 0.15) is 0 Å². The van der Waals surface area contributed by atoms with E-state index in [0.717, 1.165) is 12.5 Å². The van der Waals surface area contributed by atoms with E-state index >= 15 is 0 Å². The Labute approximate surface area is 123 Å². The van der Waals surface area contributed by atoms with E-state index in [1.54, 1.807) is 0 Å². The lowest BCUT2D eigenvalue weighted by atomic mass is 9.96. The molecule has 0 saturated carbocycles. The van der Waals surface area contributed by atoms with Gasteiger partial charge in [-0.05, 0) is 49.4 Å². The molecule has 2 heterocycles. The highest BCUT2D eigenvalue weighted by Crippen LogP contribution is 2.31. The van der Waals surface area contributed by atoms with Crippen molar-refractivity contribution >= 4 is 5.69 Å². The van der Waals surface area contributed by atoms with E-state index in [0.29, 0.717) is 12.0 Å². The number of nitrogens with zero attached hydrogens (tertiary/aromatic N) is 2. The molecule has 0 aliphatic carbocycles. The number of fused-ring (bicyclic) bond motifs is 1. The summed E-state index contributed by atoms with van der Waals surface area (Å²) in [5.74, 6) is 0.710. The van der Waals surface area contributed by atoms with E-state index in [2.05, 4.69) is 54.8 Å². The number of rotatable bonds is 3. The van der Waals surface area contributed by atoms with Gasteiger partial charge in [0.2, 0.25) is 0 Å². The maximum Gasteiger partial charge on any atom is 0.0440 e. The number of anilines is 1. The first-order valence-electron chi connectivity index (χ1n) is 8.28. The fourth-order valence-corrected chi connectivity index (χ4v) is 3.87. The molecule has 0 spiro atoms. The molecular formula is C18H28N2. The Morgan fingerprint density at radius 2 is 2.10 bits per heavy atom. The standard InChI is InChI=1S/C18H28N2/c1-4-15-7-5-8-16(11-15)20-12-17-9-6-10-19(17)13-18(20)14(2)3/h5,7-8,11,14,17-18H,4,6,9-10,12-13H2,1-3H3. The lowest BCUT2D eigenvalue weighted by molar-refractivity contribution is 0.176. The Hall–Kier alpha value is -1.02. The number of hydrogen-bond acceptors (Lipinski definition) is 2. The molecule has 3 rings (SSSR count). The monoisotopic (exact) mass is 272 g/mol. The van der Waals surface area contributed by atoms with Crippen molar-refractivity contribution in [3.05, 3.63) is 29.8 Å². The average molecular weight is 272 g/mol. The van der Waals surface area contributed by atoms with Crippen LogP contribution < -0.4 is 4.90 Å². The molecule has 2 aliphatic heterocycles. The second-order valence-electron chi connectivity index (χ2n) is 6.78. The van der Waals surface area contributed by atoms with Crippen molar-refractivity contribution in [3.63, 3.8) is 0 Å². The molecule has 1 aromatic rings. The van der Waals surface area contributed by atoms with E-state index in [1.807, 2.05) is 0 Å². The summed E-state index contributed by atoms with van der Waals surface area (Å²) in [6, 6.07) is 10.6. The van der Waals surface area contributed by atoms with E-state index in [-0.39, 0.29) is 0 Å². The number of aryl methyl sites for hydroxylation is 1. The molecule has 2 heteroatoms. The summed E-state index contributed by atoms with van der Waals surface area (Å²) >= 11 is 0. The fourth-order valence-electron chi connectivity index (χ4n) is 3.87. The van der Waals surface area contributed by atoms with Crippen LogP contribution in [0, 0.1) is 5.92 Å². The van der Waals surface area contributed by atoms with Gasteiger partial charge in [0, 0.05) is 30.9 Å². The van der Waals surface area contributed by atoms with Crippen molar-refractivity contribution in [2.24, 2.45) is 5.92 Å². The summed E-state index contributed by atoms with van der Waals surface area (Å²) < 4.78 is 0. The molecular weight excluding hydrogens is 244 g/mol. The molecule has 2 aliphatic rings. The molecule has 0 bridgehead atoms. The number of benzene rings is 1. The highest BCUT2D eigenvalue weighted by Gasteiger charge is 2.37. The second kappa shape index (κ2) is 5.77. The fraction of sp³-hybridized carbons (Fsp3) is 0.667. The summed E-state index contributed by atoms with van der Waals surface area (Å²) in [6.45, 7) is 10.8. The quantitative estimate of drug-likeness (QED) is 0.830. The van der Waals surface area contributed by atoms with Gasteiger partial charge in [-0.2, -0.15) is 0 Å². The van der Waals surface area contributed by atoms with Crippen LogP contribution in [-0.4, -0.2) is 36.6 Å². The minimum atomic E-state index is 0.663. The van der Waals surface area contributed by atoms with Crippen molar-refractivity contribution in [1.29, 1.82) is 0 Å². The lowest BCUT2D eigenvalue weighted by Crippen LogP contribution is -2.58. The Balaban J connectivity index is 1.87. The minimum absolute atomic E-state index is 0.663. The van der Waals surface area contributed by atoms with E-state index < -0.39 is 0 Å². The van der Waals surface area contributed by atoms with Crippen LogP contribution in [0.1, 0.15) is 39.2 Å². The summed E-state index contributed by atoms with van der Waals surface area (Å²) in [4.78, 5) is 5.42. The molecule has 0 aromatic heterocycles. The zero-order valence-electron chi connectivity index (χ0n) is 13.2. The molecule has 110 valence electrons. The predicted octanol–water partition coefficient (Wildman–Crippen LogP) is 3.56. The molecule has 2 fully saturated rings. The molecule has 1 aromatic carbocycles. The third-order valence-electron chi connectivity index (χ3n) is 5.15. The Kier molecular flexibility index (Phi) is 4.02. The molecule has 2 nitrogen and oxygen atoms in total. The smallest absolute Gasteiger partial charge is 0.0440 e. The lowest BCUT2D eigenvalue weighted by Gasteiger charge is -2.47. The van der Waals surface area contributed by atoms with Crippen LogP contribution in [0.5, 0.6) is 0 Å². The van der Waals surface area contributed by atoms with Crippen LogP contribution in [0.3, 0.4) is 0 Å². The highest BCUT2D eigenvalue weighted by atomic mass is 15.3. The largest absolute Gasteiger partial charge is 0.365 e. The van der Waals surface area contributed by atoms with Crippen LogP contribution in [0.2, 0.25) is 0 Å². The van der Waals surface area contributed by atoms with Crippen molar-refractivity contribution < 1.29 is 0 Å². The topological polar surface area (TPSA) is 6.48 Å². The predicted molar refractivity (Wildman–Crippen MR) is 86.4 cm³/mol. The SMILES string of the molecule is CCc1cccc(N2CC3CCCN3CC2C(C)C)c1. The first-order chi connectivity index (χ1) is 9.69. The van der Waals surface area contributed by atoms with Gasteiger partial charge in [0.25, 0.3) is 0 Å². The molecule has 2 atom stereocenters. The molecule has 0 radical (unpaired) electrons. The van der Waals surface area contributed by atoms with Gasteiger partial charge in [0.05, 0.1) is 0 Å². The minimum Gasteiger partial charge on any atom is -0.365 e. The van der Waals surface area contributed by atoms with Crippen LogP contribution in [0.25, 0.3) is 0 Å². The van der Waals surface area contributed by atoms with Crippen molar-refractivity contribution in [3.8, 4) is 0 Å². The van der Waals surface area contributed by atoms with Gasteiger partial charge in [-0.3, -0.25) is 4.90 Å². The molecule has 2 saturated heterocycles. The number of piperazine rings is 1. The third kappa shape index (κ3) is 2.58. The van der Waals surface area contributed by atoms with Gasteiger partial charge < -0.3 is 4.90 Å². The summed E-state index contributed by atoms with van der Waals surface area (Å²) in [5, 5.41) is 0. The Bertz CT molecular complexity index is 454. The third-order valence-corrected chi connectivity index (χ3v) is 5.15. The van der Waals surface area contributed by atoms with Crippen LogP contribution >= 0.6 is 0 Å². The maximum absolute atomic E-state index is 2.73. The first kappa shape index (κ1) is 13.9. The average Bonchev–Trinajstić information content (AvgIpc) is 2.93. The van der Waals surface area contributed by atoms with Crippen LogP contribution in [0.15, 0.2) is 24.3 Å². The van der Waals surface area contributed by atoms with Crippen molar-refractivity contribution in [2.75, 3.05) is 24.5 Å². The molecule has 20 heavy (non-hydrogen) atoms. The maximum atomic E-state index is 2.73. The van der Waals surface area contributed by atoms with Gasteiger partial charge in [0.15, 0.2) is 0 Å². The summed E-state index contributed by atoms with van der Waals surface area (Å²) in [7, 11) is 0. The van der Waals surface area contributed by atoms with Crippen molar-refractivity contribution in [1.82, 2.24) is 4.90 Å². The molecule has 2 unspecified atom stereocenters. The summed E-state index contributed by atoms with van der Waals surface area (Å²) in [5.41, 5.74) is 2.90.